The van der Waals surface area contributed by atoms with Gasteiger partial charge in [-0.2, -0.15) is 0 Å². The van der Waals surface area contributed by atoms with Crippen LogP contribution in [0, 0.1) is 11.8 Å². The Labute approximate surface area is 164 Å². The predicted molar refractivity (Wildman–Crippen MR) is 110 cm³/mol. The van der Waals surface area contributed by atoms with E-state index in [1.165, 1.54) is 0 Å². The zero-order chi connectivity index (χ0) is 19.5. The average molecular weight is 378 g/mol. The first-order chi connectivity index (χ1) is 13.6. The number of nitrogens with one attached hydrogen (secondary N) is 2. The van der Waals surface area contributed by atoms with E-state index < -0.39 is 0 Å². The van der Waals surface area contributed by atoms with Gasteiger partial charge in [-0.05, 0) is 43.0 Å². The molecule has 1 atom stereocenters. The maximum atomic E-state index is 12.8. The second-order valence-corrected chi connectivity index (χ2v) is 7.84. The lowest BCUT2D eigenvalue weighted by atomic mass is 9.97. The molecule has 146 valence electrons. The van der Waals surface area contributed by atoms with Crippen molar-refractivity contribution >= 4 is 28.6 Å². The Hall–Kier alpha value is -2.96. The highest BCUT2D eigenvalue weighted by Gasteiger charge is 2.27. The second-order valence-electron chi connectivity index (χ2n) is 7.84. The number of nitrogens with zero attached hydrogens (tertiary/aromatic N) is 4. The van der Waals surface area contributed by atoms with E-state index in [4.69, 9.17) is 0 Å². The third-order valence-electron chi connectivity index (χ3n) is 5.03. The lowest BCUT2D eigenvalue weighted by Crippen LogP contribution is -2.41. The summed E-state index contributed by atoms with van der Waals surface area (Å²) in [5.74, 6) is 2.19. The molecule has 1 aliphatic heterocycles. The number of hydrogen-bond acceptors (Lipinski definition) is 5. The first-order valence-electron chi connectivity index (χ1n) is 9.90. The molecule has 3 aromatic rings. The molecular weight excluding hydrogens is 352 g/mol. The van der Waals surface area contributed by atoms with Gasteiger partial charge in [0.05, 0.1) is 17.0 Å². The summed E-state index contributed by atoms with van der Waals surface area (Å²) in [5, 5.41) is 3.07. The molecule has 2 N–H and O–H groups in total. The largest absolute Gasteiger partial charge is 0.342 e. The standard InChI is InChI=1S/C21H26N6O/c1-14(2)11-19-25-17-7-6-16(12-18(17)26-19)24-20(28)15-5-3-10-27(13-15)21-22-8-4-9-23-21/h4,6-9,12,14-15H,3,5,10-11,13H2,1-2H3,(H,24,28)(H,25,26). The SMILES string of the molecule is CC(C)Cc1nc2ccc(NC(=O)C3CCCN(c4ncccn4)C3)cc2[nH]1. The Morgan fingerprint density at radius 2 is 2.14 bits per heavy atom. The molecule has 7 nitrogen and oxygen atoms in total. The van der Waals surface area contributed by atoms with Crippen molar-refractivity contribution in [1.82, 2.24) is 19.9 Å². The van der Waals surface area contributed by atoms with E-state index in [0.29, 0.717) is 18.4 Å². The number of H-pyrrole nitrogens is 1. The topological polar surface area (TPSA) is 86.8 Å². The summed E-state index contributed by atoms with van der Waals surface area (Å²) >= 11 is 0. The number of imidazole rings is 1. The Bertz CT molecular complexity index is 952. The molecule has 4 rings (SSSR count). The van der Waals surface area contributed by atoms with Gasteiger partial charge in [0, 0.05) is 37.6 Å². The summed E-state index contributed by atoms with van der Waals surface area (Å²) in [7, 11) is 0. The van der Waals surface area contributed by atoms with Crippen LogP contribution in [0.1, 0.15) is 32.5 Å². The van der Waals surface area contributed by atoms with E-state index in [1.54, 1.807) is 18.5 Å². The molecule has 0 spiro atoms. The Morgan fingerprint density at radius 1 is 1.32 bits per heavy atom. The van der Waals surface area contributed by atoms with Crippen molar-refractivity contribution in [2.24, 2.45) is 11.8 Å². The van der Waals surface area contributed by atoms with Crippen molar-refractivity contribution in [2.75, 3.05) is 23.3 Å². The minimum Gasteiger partial charge on any atom is -0.342 e. The molecule has 3 heterocycles. The van der Waals surface area contributed by atoms with Crippen molar-refractivity contribution < 1.29 is 4.79 Å². The minimum atomic E-state index is -0.0773. The fourth-order valence-electron chi connectivity index (χ4n) is 3.70. The molecule has 0 radical (unpaired) electrons. The van der Waals surface area contributed by atoms with Crippen LogP contribution in [-0.2, 0) is 11.2 Å². The summed E-state index contributed by atoms with van der Waals surface area (Å²) in [6.45, 7) is 5.87. The third kappa shape index (κ3) is 4.13. The number of rotatable bonds is 5. The van der Waals surface area contributed by atoms with E-state index in [9.17, 15) is 4.79 Å². The fraction of sp³-hybridized carbons (Fsp3) is 0.429. The summed E-state index contributed by atoms with van der Waals surface area (Å²) in [4.78, 5) is 31.5. The number of aromatic amines is 1. The lowest BCUT2D eigenvalue weighted by molar-refractivity contribution is -0.120. The molecule has 1 amide bonds. The van der Waals surface area contributed by atoms with Gasteiger partial charge in [0.2, 0.25) is 11.9 Å². The minimum absolute atomic E-state index is 0.0434. The van der Waals surface area contributed by atoms with Gasteiger partial charge in [-0.3, -0.25) is 4.79 Å². The third-order valence-corrected chi connectivity index (χ3v) is 5.03. The molecule has 1 saturated heterocycles. The number of amides is 1. The smallest absolute Gasteiger partial charge is 0.229 e. The zero-order valence-corrected chi connectivity index (χ0v) is 16.4. The van der Waals surface area contributed by atoms with E-state index in [1.807, 2.05) is 18.2 Å². The van der Waals surface area contributed by atoms with Crippen LogP contribution in [0.4, 0.5) is 11.6 Å². The average Bonchev–Trinajstić information content (AvgIpc) is 3.09. The lowest BCUT2D eigenvalue weighted by Gasteiger charge is -2.31. The number of hydrogen-bond donors (Lipinski definition) is 2. The first-order valence-corrected chi connectivity index (χ1v) is 9.90. The number of anilines is 2. The van der Waals surface area contributed by atoms with Crippen molar-refractivity contribution in [3.63, 3.8) is 0 Å². The second kappa shape index (κ2) is 7.96. The van der Waals surface area contributed by atoms with E-state index in [2.05, 4.69) is 44.0 Å². The summed E-state index contributed by atoms with van der Waals surface area (Å²) in [5.41, 5.74) is 2.68. The number of aromatic nitrogens is 4. The molecular formula is C21H26N6O. The fourth-order valence-corrected chi connectivity index (χ4v) is 3.70. The van der Waals surface area contributed by atoms with Crippen molar-refractivity contribution in [3.05, 3.63) is 42.5 Å². The first kappa shape index (κ1) is 18.4. The molecule has 1 aliphatic rings. The Balaban J connectivity index is 1.44. The van der Waals surface area contributed by atoms with Crippen LogP contribution in [0.25, 0.3) is 11.0 Å². The van der Waals surface area contributed by atoms with E-state index in [-0.39, 0.29) is 11.8 Å². The molecule has 7 heteroatoms. The molecule has 28 heavy (non-hydrogen) atoms. The van der Waals surface area contributed by atoms with Gasteiger partial charge in [-0.1, -0.05) is 13.8 Å². The maximum Gasteiger partial charge on any atom is 0.229 e. The van der Waals surface area contributed by atoms with Crippen LogP contribution >= 0.6 is 0 Å². The highest BCUT2D eigenvalue weighted by atomic mass is 16.1. The van der Waals surface area contributed by atoms with Crippen LogP contribution in [-0.4, -0.2) is 38.9 Å². The van der Waals surface area contributed by atoms with Crippen LogP contribution < -0.4 is 10.2 Å². The van der Waals surface area contributed by atoms with E-state index in [0.717, 1.165) is 48.4 Å². The highest BCUT2D eigenvalue weighted by molar-refractivity contribution is 5.94. The molecule has 1 fully saturated rings. The van der Waals surface area contributed by atoms with Gasteiger partial charge in [-0.25, -0.2) is 15.0 Å². The van der Waals surface area contributed by atoms with Crippen molar-refractivity contribution in [1.29, 1.82) is 0 Å². The number of piperidine rings is 1. The molecule has 1 unspecified atom stereocenters. The summed E-state index contributed by atoms with van der Waals surface area (Å²) in [6, 6.07) is 7.64. The maximum absolute atomic E-state index is 12.8. The molecule has 0 bridgehead atoms. The number of carbonyl (C=O) groups excluding carboxylic acids is 1. The molecule has 1 aromatic carbocycles. The Morgan fingerprint density at radius 3 is 2.93 bits per heavy atom. The van der Waals surface area contributed by atoms with Gasteiger partial charge >= 0.3 is 0 Å². The quantitative estimate of drug-likeness (QED) is 0.710. The number of benzene rings is 1. The normalized spacial score (nSPS) is 17.2. The van der Waals surface area contributed by atoms with Crippen LogP contribution in [0.5, 0.6) is 0 Å². The molecule has 0 aliphatic carbocycles. The highest BCUT2D eigenvalue weighted by Crippen LogP contribution is 2.23. The molecule has 2 aromatic heterocycles. The molecule has 0 saturated carbocycles. The van der Waals surface area contributed by atoms with E-state index >= 15 is 0 Å². The zero-order valence-electron chi connectivity index (χ0n) is 16.4. The van der Waals surface area contributed by atoms with Crippen molar-refractivity contribution in [3.8, 4) is 0 Å². The van der Waals surface area contributed by atoms with Gasteiger partial charge in [0.15, 0.2) is 0 Å². The van der Waals surface area contributed by atoms with Crippen LogP contribution in [0.2, 0.25) is 0 Å². The van der Waals surface area contributed by atoms with Crippen molar-refractivity contribution in [2.45, 2.75) is 33.1 Å². The van der Waals surface area contributed by atoms with Gasteiger partial charge in [0.1, 0.15) is 5.82 Å². The van der Waals surface area contributed by atoms with Gasteiger partial charge in [-0.15, -0.1) is 0 Å². The van der Waals surface area contributed by atoms with Gasteiger partial charge in [0.25, 0.3) is 0 Å². The monoisotopic (exact) mass is 378 g/mol. The van der Waals surface area contributed by atoms with Gasteiger partial charge < -0.3 is 15.2 Å². The summed E-state index contributed by atoms with van der Waals surface area (Å²) < 4.78 is 0. The van der Waals surface area contributed by atoms with Crippen LogP contribution in [0.3, 0.4) is 0 Å². The predicted octanol–water partition coefficient (Wildman–Crippen LogP) is 3.41. The summed E-state index contributed by atoms with van der Waals surface area (Å²) in [6.07, 6.45) is 6.21. The Kier molecular flexibility index (Phi) is 5.23. The number of carbonyl (C=O) groups is 1. The number of fused-ring (bicyclic) bond motifs is 1. The van der Waals surface area contributed by atoms with Crippen LogP contribution in [0.15, 0.2) is 36.7 Å².